The summed E-state index contributed by atoms with van der Waals surface area (Å²) in [6.45, 7) is 3.66. The van der Waals surface area contributed by atoms with Gasteiger partial charge in [-0.2, -0.15) is 13.2 Å². The minimum absolute atomic E-state index is 0.211. The monoisotopic (exact) mass is 265 g/mol. The molecule has 2 N–H and O–H groups in total. The number of carbonyl (C=O) groups excluding carboxylic acids is 1. The Morgan fingerprint density at radius 3 is 2.28 bits per heavy atom. The molecule has 1 amide bonds. The Hall–Kier alpha value is -1.53. The van der Waals surface area contributed by atoms with Gasteiger partial charge in [0.25, 0.3) is 0 Å². The Morgan fingerprint density at radius 1 is 1.44 bits per heavy atom. The van der Waals surface area contributed by atoms with Crippen molar-refractivity contribution in [1.82, 2.24) is 5.32 Å². The number of carboxylic acids is 1. The zero-order valence-corrected chi connectivity index (χ0v) is 9.97. The molecule has 0 aromatic carbocycles. The van der Waals surface area contributed by atoms with E-state index in [1.165, 1.54) is 0 Å². The smallest absolute Gasteiger partial charge is 0.392 e. The van der Waals surface area contributed by atoms with Gasteiger partial charge in [-0.05, 0) is 17.9 Å². The minimum Gasteiger partial charge on any atom is -0.477 e. The van der Waals surface area contributed by atoms with Crippen LogP contribution in [0.3, 0.4) is 0 Å². The van der Waals surface area contributed by atoms with Gasteiger partial charge < -0.3 is 10.4 Å². The van der Waals surface area contributed by atoms with Gasteiger partial charge in [-0.15, -0.1) is 0 Å². The highest BCUT2D eigenvalue weighted by Gasteiger charge is 2.50. The van der Waals surface area contributed by atoms with E-state index in [0.717, 1.165) is 0 Å². The van der Waals surface area contributed by atoms with Crippen molar-refractivity contribution in [3.8, 4) is 0 Å². The number of hydrogen-bond donors (Lipinski definition) is 2. The van der Waals surface area contributed by atoms with Crippen LogP contribution in [0.5, 0.6) is 0 Å². The Balaban J connectivity index is 2.65. The molecule has 0 bridgehead atoms. The number of nitrogens with one attached hydrogen (secondary N) is 1. The largest absolute Gasteiger partial charge is 0.477 e. The van der Waals surface area contributed by atoms with Crippen LogP contribution in [0.1, 0.15) is 26.7 Å². The summed E-state index contributed by atoms with van der Waals surface area (Å²) < 4.78 is 35.9. The van der Waals surface area contributed by atoms with Crippen LogP contribution in [-0.4, -0.2) is 23.2 Å². The Labute approximate surface area is 102 Å². The molecule has 0 aromatic heterocycles. The highest BCUT2D eigenvalue weighted by Crippen LogP contribution is 2.51. The second-order valence-corrected chi connectivity index (χ2v) is 4.98. The van der Waals surface area contributed by atoms with Crippen molar-refractivity contribution in [3.05, 3.63) is 11.8 Å². The summed E-state index contributed by atoms with van der Waals surface area (Å²) in [5.74, 6) is -2.46. The Morgan fingerprint density at radius 2 is 1.94 bits per heavy atom. The number of allylic oxidation sites excluding steroid dienone is 1. The van der Waals surface area contributed by atoms with E-state index in [0.29, 0.717) is 12.5 Å². The second-order valence-electron chi connectivity index (χ2n) is 4.98. The number of halogens is 3. The molecule has 0 aliphatic heterocycles. The summed E-state index contributed by atoms with van der Waals surface area (Å²) in [6.07, 6.45) is -4.81. The van der Waals surface area contributed by atoms with Gasteiger partial charge in [0.05, 0.1) is 6.42 Å². The van der Waals surface area contributed by atoms with E-state index in [-0.39, 0.29) is 11.3 Å². The van der Waals surface area contributed by atoms with E-state index in [2.05, 4.69) is 0 Å². The molecule has 4 nitrogen and oxygen atoms in total. The van der Waals surface area contributed by atoms with E-state index in [1.807, 2.05) is 19.2 Å². The van der Waals surface area contributed by atoms with Crippen molar-refractivity contribution in [2.45, 2.75) is 32.9 Å². The average molecular weight is 265 g/mol. The molecule has 1 atom stereocenters. The van der Waals surface area contributed by atoms with Crippen LogP contribution in [-0.2, 0) is 9.59 Å². The first kappa shape index (κ1) is 14.5. The molecule has 102 valence electrons. The van der Waals surface area contributed by atoms with Crippen LogP contribution in [0.25, 0.3) is 0 Å². The molecule has 1 fully saturated rings. The van der Waals surface area contributed by atoms with Crippen LogP contribution in [0.15, 0.2) is 11.8 Å². The number of carboxylic acid groups (broad SMARTS) is 1. The third-order valence-corrected chi connectivity index (χ3v) is 2.86. The molecule has 1 unspecified atom stereocenters. The lowest BCUT2D eigenvalue weighted by molar-refractivity contribution is -0.135. The van der Waals surface area contributed by atoms with Gasteiger partial charge in [0, 0.05) is 5.92 Å². The van der Waals surface area contributed by atoms with E-state index in [4.69, 9.17) is 5.11 Å². The van der Waals surface area contributed by atoms with Crippen LogP contribution in [0, 0.1) is 11.3 Å². The van der Waals surface area contributed by atoms with Gasteiger partial charge in [0.15, 0.2) is 0 Å². The first-order valence-electron chi connectivity index (χ1n) is 5.34. The molecule has 7 heteroatoms. The molecule has 1 rings (SSSR count). The molecule has 1 aliphatic rings. The van der Waals surface area contributed by atoms with Crippen molar-refractivity contribution in [3.63, 3.8) is 0 Å². The molecule has 1 saturated carbocycles. The van der Waals surface area contributed by atoms with Gasteiger partial charge in [0.2, 0.25) is 5.91 Å². The van der Waals surface area contributed by atoms with Gasteiger partial charge in [-0.3, -0.25) is 4.79 Å². The maximum absolute atomic E-state index is 12.0. The summed E-state index contributed by atoms with van der Waals surface area (Å²) in [6, 6.07) is 0. The Kier molecular flexibility index (Phi) is 3.73. The topological polar surface area (TPSA) is 66.4 Å². The fourth-order valence-electron chi connectivity index (χ4n) is 1.54. The third-order valence-electron chi connectivity index (χ3n) is 2.86. The summed E-state index contributed by atoms with van der Waals surface area (Å²) in [7, 11) is 0. The predicted molar refractivity (Wildman–Crippen MR) is 56.4 cm³/mol. The first-order chi connectivity index (χ1) is 8.03. The minimum atomic E-state index is -4.50. The molecular weight excluding hydrogens is 251 g/mol. The summed E-state index contributed by atoms with van der Waals surface area (Å²) in [4.78, 5) is 22.3. The van der Waals surface area contributed by atoms with E-state index < -0.39 is 30.2 Å². The van der Waals surface area contributed by atoms with Crippen LogP contribution >= 0.6 is 0 Å². The van der Waals surface area contributed by atoms with Crippen LogP contribution in [0.4, 0.5) is 13.2 Å². The highest BCUT2D eigenvalue weighted by molar-refractivity contribution is 5.94. The lowest BCUT2D eigenvalue weighted by Crippen LogP contribution is -2.30. The lowest BCUT2D eigenvalue weighted by atomic mass is 10.1. The quantitative estimate of drug-likeness (QED) is 0.765. The fourth-order valence-corrected chi connectivity index (χ4v) is 1.54. The standard InChI is InChI=1S/C11H14F3NO3/c1-10(2)5-6(10)8(16)15-7(9(17)18)3-4-11(12,13)14/h3,6H,4-5H2,1-2H3,(H,15,16)(H,17,18)/b7-3-. The van der Waals surface area contributed by atoms with Crippen LogP contribution < -0.4 is 5.32 Å². The van der Waals surface area contributed by atoms with E-state index >= 15 is 0 Å². The van der Waals surface area contributed by atoms with Gasteiger partial charge in [-0.1, -0.05) is 13.8 Å². The zero-order valence-electron chi connectivity index (χ0n) is 9.97. The van der Waals surface area contributed by atoms with E-state index in [9.17, 15) is 22.8 Å². The number of carbonyl (C=O) groups is 2. The second kappa shape index (κ2) is 4.62. The molecule has 0 spiro atoms. The van der Waals surface area contributed by atoms with Crippen LogP contribution in [0.2, 0.25) is 0 Å². The Bertz CT molecular complexity index is 399. The van der Waals surface area contributed by atoms with Crippen molar-refractivity contribution >= 4 is 11.9 Å². The summed E-state index contributed by atoms with van der Waals surface area (Å²) >= 11 is 0. The molecule has 0 heterocycles. The number of aliphatic carboxylic acids is 1. The van der Waals surface area contributed by atoms with E-state index in [1.54, 1.807) is 0 Å². The SMILES string of the molecule is CC1(C)CC1C(=O)N/C(=C\CC(F)(F)F)C(=O)O. The normalized spacial score (nSPS) is 22.5. The maximum atomic E-state index is 12.0. The van der Waals surface area contributed by atoms with Gasteiger partial charge in [0.1, 0.15) is 5.70 Å². The predicted octanol–water partition coefficient (Wildman–Crippen LogP) is 2.07. The molecule has 0 saturated heterocycles. The number of amides is 1. The van der Waals surface area contributed by atoms with Crippen molar-refractivity contribution in [2.24, 2.45) is 11.3 Å². The van der Waals surface area contributed by atoms with Gasteiger partial charge in [-0.25, -0.2) is 4.79 Å². The zero-order chi connectivity index (χ0) is 14.1. The molecule has 18 heavy (non-hydrogen) atoms. The molecule has 0 aromatic rings. The van der Waals surface area contributed by atoms with Crippen molar-refractivity contribution in [1.29, 1.82) is 0 Å². The first-order valence-corrected chi connectivity index (χ1v) is 5.34. The summed E-state index contributed by atoms with van der Waals surface area (Å²) in [5, 5.41) is 10.7. The molecule has 1 aliphatic carbocycles. The number of hydrogen-bond acceptors (Lipinski definition) is 2. The average Bonchev–Trinajstić information content (AvgIpc) is 2.80. The summed E-state index contributed by atoms with van der Waals surface area (Å²) in [5.41, 5.74) is -0.933. The fraction of sp³-hybridized carbons (Fsp3) is 0.636. The maximum Gasteiger partial charge on any atom is 0.392 e. The van der Waals surface area contributed by atoms with Crippen molar-refractivity contribution in [2.75, 3.05) is 0 Å². The van der Waals surface area contributed by atoms with Gasteiger partial charge >= 0.3 is 12.1 Å². The number of rotatable bonds is 4. The number of alkyl halides is 3. The molecule has 0 radical (unpaired) electrons. The molecular formula is C11H14F3NO3. The highest BCUT2D eigenvalue weighted by atomic mass is 19.4. The third kappa shape index (κ3) is 4.05. The lowest BCUT2D eigenvalue weighted by Gasteiger charge is -2.08. The van der Waals surface area contributed by atoms with Crippen molar-refractivity contribution < 1.29 is 27.9 Å².